The van der Waals surface area contributed by atoms with Gasteiger partial charge in [-0.1, -0.05) is 25.4 Å². The van der Waals surface area contributed by atoms with Crippen LogP contribution in [0, 0.1) is 5.92 Å². The predicted molar refractivity (Wildman–Crippen MR) is 115 cm³/mol. The van der Waals surface area contributed by atoms with Gasteiger partial charge in [-0.2, -0.15) is 4.31 Å². The second-order valence-electron chi connectivity index (χ2n) is 7.65. The van der Waals surface area contributed by atoms with Gasteiger partial charge in [0.25, 0.3) is 0 Å². The number of carbonyl (C=O) groups excluding carboxylic acids is 2. The highest BCUT2D eigenvalue weighted by molar-refractivity contribution is 7.89. The van der Waals surface area contributed by atoms with Gasteiger partial charge in [-0.3, -0.25) is 0 Å². The first-order chi connectivity index (χ1) is 14.6. The van der Waals surface area contributed by atoms with Gasteiger partial charge in [-0.15, -0.1) is 0 Å². The maximum atomic E-state index is 13.0. The van der Waals surface area contributed by atoms with Crippen LogP contribution < -0.4 is 10.1 Å². The molecule has 1 atom stereocenters. The van der Waals surface area contributed by atoms with E-state index in [1.54, 1.807) is 6.07 Å². The monoisotopic (exact) mass is 476 g/mol. The fraction of sp³-hybridized carbons (Fsp3) is 0.600. The Hall–Kier alpha value is -2.04. The second kappa shape index (κ2) is 11.0. The van der Waals surface area contributed by atoms with Crippen molar-refractivity contribution < 1.29 is 32.2 Å². The predicted octanol–water partition coefficient (Wildman–Crippen LogP) is 2.82. The van der Waals surface area contributed by atoms with Gasteiger partial charge in [0.05, 0.1) is 14.2 Å². The summed E-state index contributed by atoms with van der Waals surface area (Å²) in [5, 5.41) is 2.82. The van der Waals surface area contributed by atoms with Crippen LogP contribution >= 0.6 is 11.6 Å². The van der Waals surface area contributed by atoms with Crippen molar-refractivity contribution in [1.82, 2.24) is 9.62 Å². The zero-order chi connectivity index (χ0) is 23.2. The Bertz CT molecular complexity index is 884. The molecule has 0 radical (unpaired) electrons. The lowest BCUT2D eigenvalue weighted by molar-refractivity contribution is -0.143. The minimum absolute atomic E-state index is 0.00535. The van der Waals surface area contributed by atoms with Crippen LogP contribution in [0.3, 0.4) is 0 Å². The fourth-order valence-electron chi connectivity index (χ4n) is 3.34. The van der Waals surface area contributed by atoms with Crippen LogP contribution in [0.25, 0.3) is 0 Å². The molecule has 0 bridgehead atoms. The van der Waals surface area contributed by atoms with Gasteiger partial charge >= 0.3 is 12.1 Å². The molecule has 0 aliphatic carbocycles. The molecule has 9 nitrogen and oxygen atoms in total. The van der Waals surface area contributed by atoms with Crippen molar-refractivity contribution in [2.24, 2.45) is 5.92 Å². The van der Waals surface area contributed by atoms with Gasteiger partial charge in [0.15, 0.2) is 0 Å². The minimum Gasteiger partial charge on any atom is -0.495 e. The molecule has 1 fully saturated rings. The molecule has 0 spiro atoms. The molecular formula is C20H29ClN2O7S. The number of nitrogens with one attached hydrogen (secondary N) is 1. The van der Waals surface area contributed by atoms with E-state index in [4.69, 9.17) is 25.8 Å². The number of alkyl carbamates (subject to hydrolysis) is 1. The fourth-order valence-corrected chi connectivity index (χ4v) is 5.22. The maximum Gasteiger partial charge on any atom is 0.408 e. The average molecular weight is 477 g/mol. The number of amides is 1. The molecule has 1 aliphatic rings. The van der Waals surface area contributed by atoms with Crippen LogP contribution in [0.2, 0.25) is 5.02 Å². The summed E-state index contributed by atoms with van der Waals surface area (Å²) in [5.74, 6) is -0.162. The molecular weight excluding hydrogens is 448 g/mol. The number of methoxy groups -OCH3 is 2. The third-order valence-corrected chi connectivity index (χ3v) is 7.06. The zero-order valence-electron chi connectivity index (χ0n) is 18.1. The van der Waals surface area contributed by atoms with Gasteiger partial charge < -0.3 is 19.5 Å². The summed E-state index contributed by atoms with van der Waals surface area (Å²) < 4.78 is 42.6. The van der Waals surface area contributed by atoms with Crippen molar-refractivity contribution in [3.63, 3.8) is 0 Å². The van der Waals surface area contributed by atoms with Crippen molar-refractivity contribution in [3.05, 3.63) is 23.2 Å². The summed E-state index contributed by atoms with van der Waals surface area (Å²) in [7, 11) is -1.17. The van der Waals surface area contributed by atoms with Gasteiger partial charge in [-0.25, -0.2) is 18.0 Å². The molecule has 11 heteroatoms. The molecule has 0 aromatic heterocycles. The number of esters is 1. The molecule has 1 N–H and O–H groups in total. The molecule has 1 aromatic rings. The zero-order valence-corrected chi connectivity index (χ0v) is 19.7. The Labute approximate surface area is 188 Å². The lowest BCUT2D eigenvalue weighted by atomic mass is 10.0. The number of piperidine rings is 1. The van der Waals surface area contributed by atoms with Crippen LogP contribution in [-0.2, 0) is 24.3 Å². The molecule has 31 heavy (non-hydrogen) atoms. The summed E-state index contributed by atoms with van der Waals surface area (Å²) in [4.78, 5) is 24.1. The van der Waals surface area contributed by atoms with Crippen LogP contribution in [0.5, 0.6) is 5.75 Å². The first-order valence-electron chi connectivity index (χ1n) is 9.97. The summed E-state index contributed by atoms with van der Waals surface area (Å²) in [5.41, 5.74) is 0. The third kappa shape index (κ3) is 6.72. The van der Waals surface area contributed by atoms with Crippen LogP contribution in [-0.4, -0.2) is 64.2 Å². The number of carbonyl (C=O) groups is 2. The third-order valence-electron chi connectivity index (χ3n) is 4.90. The standard InChI is InChI=1S/C20H29ClN2O7S/c1-13(2)11-16(19(24)29-4)22-20(25)30-15-7-9-23(10-8-15)31(26,27)18-12-14(21)5-6-17(18)28-3/h5-6,12-13,15-16H,7-11H2,1-4H3,(H,22,25)/t16-/m0/s1. The molecule has 1 amide bonds. The van der Waals surface area contributed by atoms with Crippen molar-refractivity contribution in [2.75, 3.05) is 27.3 Å². The highest BCUT2D eigenvalue weighted by Crippen LogP contribution is 2.31. The molecule has 1 aromatic carbocycles. The van der Waals surface area contributed by atoms with Crippen molar-refractivity contribution in [2.45, 2.75) is 50.2 Å². The SMILES string of the molecule is COC(=O)[C@H](CC(C)C)NC(=O)OC1CCN(S(=O)(=O)c2cc(Cl)ccc2OC)CC1. The molecule has 0 unspecified atom stereocenters. The molecule has 1 aliphatic heterocycles. The van der Waals surface area contributed by atoms with E-state index in [0.29, 0.717) is 19.3 Å². The van der Waals surface area contributed by atoms with Gasteiger partial charge in [0, 0.05) is 18.1 Å². The highest BCUT2D eigenvalue weighted by Gasteiger charge is 2.33. The van der Waals surface area contributed by atoms with E-state index < -0.39 is 34.2 Å². The topological polar surface area (TPSA) is 111 Å². The molecule has 2 rings (SSSR count). The number of sulfonamides is 1. The maximum absolute atomic E-state index is 13.0. The Morgan fingerprint density at radius 1 is 1.23 bits per heavy atom. The van der Waals surface area contributed by atoms with E-state index in [-0.39, 0.29) is 34.7 Å². The van der Waals surface area contributed by atoms with Gasteiger partial charge in [-0.05, 0) is 43.4 Å². The normalized spacial score (nSPS) is 16.6. The Balaban J connectivity index is 1.97. The number of rotatable bonds is 8. The van der Waals surface area contributed by atoms with E-state index >= 15 is 0 Å². The lowest BCUT2D eigenvalue weighted by Crippen LogP contribution is -2.46. The first-order valence-corrected chi connectivity index (χ1v) is 11.8. The first kappa shape index (κ1) is 25.2. The number of ether oxygens (including phenoxy) is 3. The van der Waals surface area contributed by atoms with Crippen molar-refractivity contribution in [3.8, 4) is 5.75 Å². The Morgan fingerprint density at radius 2 is 1.87 bits per heavy atom. The number of hydrogen-bond donors (Lipinski definition) is 1. The minimum atomic E-state index is -3.82. The number of halogens is 1. The van der Waals surface area contributed by atoms with Crippen LogP contribution in [0.4, 0.5) is 4.79 Å². The number of hydrogen-bond acceptors (Lipinski definition) is 7. The van der Waals surface area contributed by atoms with E-state index in [1.165, 1.54) is 30.7 Å². The van der Waals surface area contributed by atoms with Crippen LogP contribution in [0.1, 0.15) is 33.1 Å². The van der Waals surface area contributed by atoms with Gasteiger partial charge in [0.2, 0.25) is 10.0 Å². The second-order valence-corrected chi connectivity index (χ2v) is 10.00. The summed E-state index contributed by atoms with van der Waals surface area (Å²) in [6.45, 7) is 4.19. The smallest absolute Gasteiger partial charge is 0.408 e. The van der Waals surface area contributed by atoms with E-state index in [0.717, 1.165) is 0 Å². The molecule has 1 saturated heterocycles. The summed E-state index contributed by atoms with van der Waals surface area (Å²) in [6.07, 6.45) is -0.135. The van der Waals surface area contributed by atoms with E-state index in [9.17, 15) is 18.0 Å². The number of benzene rings is 1. The Morgan fingerprint density at radius 3 is 2.42 bits per heavy atom. The summed E-state index contributed by atoms with van der Waals surface area (Å²) in [6, 6.07) is 3.62. The van der Waals surface area contributed by atoms with E-state index in [1.807, 2.05) is 13.8 Å². The lowest BCUT2D eigenvalue weighted by Gasteiger charge is -2.31. The summed E-state index contributed by atoms with van der Waals surface area (Å²) >= 11 is 5.97. The van der Waals surface area contributed by atoms with Gasteiger partial charge in [0.1, 0.15) is 22.8 Å². The average Bonchev–Trinajstić information content (AvgIpc) is 2.72. The largest absolute Gasteiger partial charge is 0.495 e. The highest BCUT2D eigenvalue weighted by atomic mass is 35.5. The number of nitrogens with zero attached hydrogens (tertiary/aromatic N) is 1. The Kier molecular flexibility index (Phi) is 8.96. The van der Waals surface area contributed by atoms with Crippen molar-refractivity contribution >= 4 is 33.7 Å². The van der Waals surface area contributed by atoms with Crippen molar-refractivity contribution in [1.29, 1.82) is 0 Å². The molecule has 174 valence electrons. The van der Waals surface area contributed by atoms with Crippen LogP contribution in [0.15, 0.2) is 23.1 Å². The quantitative estimate of drug-likeness (QED) is 0.574. The van der Waals surface area contributed by atoms with E-state index in [2.05, 4.69) is 5.32 Å². The molecule has 0 saturated carbocycles. The molecule has 1 heterocycles.